The van der Waals surface area contributed by atoms with Crippen LogP contribution >= 0.6 is 0 Å². The molecule has 0 atom stereocenters. The number of aliphatic carboxylic acids is 2. The Hall–Kier alpha value is -3.49. The Bertz CT molecular complexity index is 1040. The number of carboxylic acids is 2. The maximum absolute atomic E-state index is 10.6. The molecular weight excluding hydrogens is 514 g/mol. The third-order valence-electron chi connectivity index (χ3n) is 5.07. The molecule has 0 saturated heterocycles. The number of anilines is 1. The van der Waals surface area contributed by atoms with E-state index < -0.39 is 24.3 Å². The second kappa shape index (κ2) is 12.7. The fourth-order valence-electron chi connectivity index (χ4n) is 3.03. The maximum Gasteiger partial charge on any atom is 0.490 e. The first-order valence-electron chi connectivity index (χ1n) is 10.8. The molecule has 15 heteroatoms. The minimum absolute atomic E-state index is 0.688. The van der Waals surface area contributed by atoms with Crippen molar-refractivity contribution in [2.45, 2.75) is 51.7 Å². The lowest BCUT2D eigenvalue weighted by Gasteiger charge is -2.29. The molecule has 2 aliphatic rings. The summed E-state index contributed by atoms with van der Waals surface area (Å²) in [6.07, 6.45) is 1.17. The number of rotatable bonds is 5. The van der Waals surface area contributed by atoms with Gasteiger partial charge in [0.25, 0.3) is 0 Å². The second-order valence-electron chi connectivity index (χ2n) is 8.23. The highest BCUT2D eigenvalue weighted by atomic mass is 19.4. The summed E-state index contributed by atoms with van der Waals surface area (Å²) in [7, 11) is 0. The van der Waals surface area contributed by atoms with Gasteiger partial charge in [0.2, 0.25) is 5.95 Å². The summed E-state index contributed by atoms with van der Waals surface area (Å²) in [5, 5.41) is 14.2. The van der Waals surface area contributed by atoms with Gasteiger partial charge in [0, 0.05) is 44.5 Å². The molecule has 204 valence electrons. The number of hydrogen-bond acceptors (Lipinski definition) is 7. The van der Waals surface area contributed by atoms with Crippen LogP contribution < -0.4 is 4.90 Å². The van der Waals surface area contributed by atoms with Gasteiger partial charge in [0.15, 0.2) is 0 Å². The van der Waals surface area contributed by atoms with E-state index in [9.17, 15) is 26.3 Å². The fourth-order valence-corrected chi connectivity index (χ4v) is 3.03. The summed E-state index contributed by atoms with van der Waals surface area (Å²) in [5.41, 5.74) is 5.00. The van der Waals surface area contributed by atoms with Gasteiger partial charge in [-0.25, -0.2) is 19.6 Å². The molecule has 1 fully saturated rings. The SMILES string of the molecule is Cc1cnc(N2CCc3c(COCC4CC4)cncc3C2)nc1.O=C(O)C(F)(F)F.O=C(O)C(F)(F)F. The zero-order valence-electron chi connectivity index (χ0n) is 19.5. The van der Waals surface area contributed by atoms with Gasteiger partial charge in [0.05, 0.1) is 6.61 Å². The Kier molecular flexibility index (Phi) is 10.2. The summed E-state index contributed by atoms with van der Waals surface area (Å²) < 4.78 is 69.3. The highest BCUT2D eigenvalue weighted by molar-refractivity contribution is 5.73. The van der Waals surface area contributed by atoms with Gasteiger partial charge in [0.1, 0.15) is 0 Å². The van der Waals surface area contributed by atoms with Crippen molar-refractivity contribution in [3.63, 3.8) is 0 Å². The van der Waals surface area contributed by atoms with Crippen molar-refractivity contribution >= 4 is 17.9 Å². The molecule has 0 amide bonds. The molecule has 0 aromatic carbocycles. The van der Waals surface area contributed by atoms with Crippen LogP contribution in [0, 0.1) is 12.8 Å². The predicted molar refractivity (Wildman–Crippen MR) is 116 cm³/mol. The van der Waals surface area contributed by atoms with Crippen LogP contribution in [0.2, 0.25) is 0 Å². The van der Waals surface area contributed by atoms with Gasteiger partial charge in [-0.1, -0.05) is 0 Å². The molecule has 0 bridgehead atoms. The minimum atomic E-state index is -5.08. The van der Waals surface area contributed by atoms with Crippen LogP contribution in [0.3, 0.4) is 0 Å². The number of pyridine rings is 1. The van der Waals surface area contributed by atoms with Crippen molar-refractivity contribution in [3.05, 3.63) is 47.0 Å². The molecule has 9 nitrogen and oxygen atoms in total. The molecule has 2 N–H and O–H groups in total. The average molecular weight is 538 g/mol. The summed E-state index contributed by atoms with van der Waals surface area (Å²) in [6.45, 7) is 5.35. The van der Waals surface area contributed by atoms with Crippen LogP contribution in [0.4, 0.5) is 32.3 Å². The van der Waals surface area contributed by atoms with Crippen molar-refractivity contribution in [1.82, 2.24) is 15.0 Å². The fraction of sp³-hybridized carbons (Fsp3) is 0.500. The smallest absolute Gasteiger partial charge is 0.475 e. The van der Waals surface area contributed by atoms with Gasteiger partial charge in [-0.2, -0.15) is 26.3 Å². The first-order chi connectivity index (χ1) is 17.2. The molecule has 1 aliphatic heterocycles. The molecule has 3 heterocycles. The Morgan fingerprint density at radius 1 is 1.00 bits per heavy atom. The molecule has 2 aromatic rings. The van der Waals surface area contributed by atoms with Crippen molar-refractivity contribution < 1.29 is 50.9 Å². The largest absolute Gasteiger partial charge is 0.490 e. The highest BCUT2D eigenvalue weighted by Crippen LogP contribution is 2.30. The van der Waals surface area contributed by atoms with E-state index in [-0.39, 0.29) is 0 Å². The standard InChI is InChI=1S/C18H22N4O.2C2HF3O2/c1-13-6-20-18(21-7-13)22-5-4-17-15(10-22)8-19-9-16(17)12-23-11-14-2-3-14;2*3-2(4,5)1(6)7/h6-9,14H,2-5,10-12H2,1H3;2*(H,6,7). The Morgan fingerprint density at radius 2 is 1.54 bits per heavy atom. The van der Waals surface area contributed by atoms with Crippen LogP contribution in [-0.4, -0.2) is 62.6 Å². The van der Waals surface area contributed by atoms with Crippen molar-refractivity contribution in [3.8, 4) is 0 Å². The van der Waals surface area contributed by atoms with Crippen LogP contribution in [0.15, 0.2) is 24.8 Å². The second-order valence-corrected chi connectivity index (χ2v) is 8.23. The minimum Gasteiger partial charge on any atom is -0.475 e. The van der Waals surface area contributed by atoms with Gasteiger partial charge in [-0.3, -0.25) is 4.98 Å². The summed E-state index contributed by atoms with van der Waals surface area (Å²) in [5.74, 6) is -3.91. The number of hydrogen-bond donors (Lipinski definition) is 2. The number of halogens is 6. The monoisotopic (exact) mass is 538 g/mol. The number of nitrogens with zero attached hydrogens (tertiary/aromatic N) is 4. The van der Waals surface area contributed by atoms with E-state index in [0.717, 1.165) is 43.5 Å². The van der Waals surface area contributed by atoms with Gasteiger partial charge >= 0.3 is 24.3 Å². The first-order valence-corrected chi connectivity index (χ1v) is 10.8. The van der Waals surface area contributed by atoms with Crippen molar-refractivity contribution in [2.24, 2.45) is 5.92 Å². The van der Waals surface area contributed by atoms with Gasteiger partial charge < -0.3 is 19.8 Å². The van der Waals surface area contributed by atoms with E-state index in [4.69, 9.17) is 24.5 Å². The van der Waals surface area contributed by atoms with E-state index in [0.29, 0.717) is 6.61 Å². The lowest BCUT2D eigenvalue weighted by Crippen LogP contribution is -2.32. The normalized spacial score (nSPS) is 14.9. The molecule has 4 rings (SSSR count). The van der Waals surface area contributed by atoms with E-state index in [1.165, 1.54) is 29.5 Å². The number of ether oxygens (including phenoxy) is 1. The Balaban J connectivity index is 0.000000286. The van der Waals surface area contributed by atoms with Crippen LogP contribution in [0.5, 0.6) is 0 Å². The van der Waals surface area contributed by atoms with Crippen LogP contribution in [-0.2, 0) is 33.9 Å². The number of aromatic nitrogens is 3. The number of alkyl halides is 6. The number of carboxylic acid groups (broad SMARTS) is 2. The maximum atomic E-state index is 10.6. The van der Waals surface area contributed by atoms with E-state index in [1.54, 1.807) is 0 Å². The number of carbonyl (C=O) groups is 2. The summed E-state index contributed by atoms with van der Waals surface area (Å²) in [4.78, 5) is 33.3. The van der Waals surface area contributed by atoms with E-state index >= 15 is 0 Å². The molecule has 1 saturated carbocycles. The molecule has 0 spiro atoms. The van der Waals surface area contributed by atoms with E-state index in [2.05, 4.69) is 19.9 Å². The molecule has 2 aromatic heterocycles. The van der Waals surface area contributed by atoms with Gasteiger partial charge in [-0.15, -0.1) is 0 Å². The average Bonchev–Trinajstić information content (AvgIpc) is 3.63. The van der Waals surface area contributed by atoms with Crippen LogP contribution in [0.1, 0.15) is 35.1 Å². The molecule has 37 heavy (non-hydrogen) atoms. The lowest BCUT2D eigenvalue weighted by molar-refractivity contribution is -0.193. The number of fused-ring (bicyclic) bond motifs is 1. The molecule has 1 aliphatic carbocycles. The quantitative estimate of drug-likeness (QED) is 0.545. The van der Waals surface area contributed by atoms with Crippen LogP contribution in [0.25, 0.3) is 0 Å². The third-order valence-corrected chi connectivity index (χ3v) is 5.07. The van der Waals surface area contributed by atoms with E-state index in [1.807, 2.05) is 31.7 Å². The molecule has 0 unspecified atom stereocenters. The third kappa shape index (κ3) is 10.2. The first kappa shape index (κ1) is 29.7. The topological polar surface area (TPSA) is 126 Å². The highest BCUT2D eigenvalue weighted by Gasteiger charge is 2.38. The molecular formula is C22H24F6N4O5. The molecule has 0 radical (unpaired) electrons. The summed E-state index contributed by atoms with van der Waals surface area (Å²) in [6, 6.07) is 0. The number of aryl methyl sites for hydroxylation is 1. The van der Waals surface area contributed by atoms with Gasteiger partial charge in [-0.05, 0) is 54.4 Å². The lowest BCUT2D eigenvalue weighted by atomic mass is 9.97. The zero-order valence-corrected chi connectivity index (χ0v) is 19.5. The van der Waals surface area contributed by atoms with Crippen molar-refractivity contribution in [1.29, 1.82) is 0 Å². The predicted octanol–water partition coefficient (Wildman–Crippen LogP) is 3.94. The zero-order chi connectivity index (χ0) is 27.8. The summed E-state index contributed by atoms with van der Waals surface area (Å²) >= 11 is 0. The Labute approximate surface area is 207 Å². The Morgan fingerprint density at radius 3 is 2.03 bits per heavy atom. The van der Waals surface area contributed by atoms with Crippen molar-refractivity contribution in [2.75, 3.05) is 18.1 Å².